The summed E-state index contributed by atoms with van der Waals surface area (Å²) in [5.41, 5.74) is 0.453. The average Bonchev–Trinajstić information content (AvgIpc) is 2.68. The second kappa shape index (κ2) is 7.90. The van der Waals surface area contributed by atoms with Gasteiger partial charge in [0.1, 0.15) is 5.75 Å². The Balaban J connectivity index is 1.63. The van der Waals surface area contributed by atoms with E-state index in [0.29, 0.717) is 13.1 Å². The number of nitrogens with one attached hydrogen (secondary N) is 1. The number of amides is 1. The van der Waals surface area contributed by atoms with Gasteiger partial charge >= 0.3 is 6.18 Å². The Morgan fingerprint density at radius 2 is 1.78 bits per heavy atom. The molecule has 0 bridgehead atoms. The first-order chi connectivity index (χ1) is 12.9. The van der Waals surface area contributed by atoms with Crippen molar-refractivity contribution in [3.8, 4) is 5.75 Å². The minimum absolute atomic E-state index is 0.0885. The largest absolute Gasteiger partial charge is 0.497 e. The van der Waals surface area contributed by atoms with Crippen molar-refractivity contribution in [2.75, 3.05) is 25.5 Å². The number of likely N-dealkylation sites (tertiary alicyclic amines) is 1. The number of ether oxygens (including phenoxy) is 1. The second-order valence-corrected chi connectivity index (χ2v) is 6.54. The van der Waals surface area contributed by atoms with Gasteiger partial charge in [0, 0.05) is 30.4 Å². The van der Waals surface area contributed by atoms with E-state index in [1.54, 1.807) is 12.0 Å². The number of carbonyl (C=O) groups is 1. The summed E-state index contributed by atoms with van der Waals surface area (Å²) in [5, 5.41) is 3.40. The Morgan fingerprint density at radius 3 is 2.37 bits per heavy atom. The predicted octanol–water partition coefficient (Wildman–Crippen LogP) is 4.43. The zero-order valence-corrected chi connectivity index (χ0v) is 14.9. The van der Waals surface area contributed by atoms with Crippen molar-refractivity contribution in [3.05, 3.63) is 59.7 Å². The Morgan fingerprint density at radius 1 is 1.11 bits per heavy atom. The van der Waals surface area contributed by atoms with E-state index in [9.17, 15) is 18.0 Å². The molecule has 0 aromatic heterocycles. The second-order valence-electron chi connectivity index (χ2n) is 6.54. The highest BCUT2D eigenvalue weighted by Gasteiger charge is 2.31. The van der Waals surface area contributed by atoms with E-state index in [1.165, 1.54) is 12.1 Å². The number of benzene rings is 2. The van der Waals surface area contributed by atoms with Gasteiger partial charge in [-0.1, -0.05) is 0 Å². The monoisotopic (exact) mass is 378 g/mol. The van der Waals surface area contributed by atoms with Crippen molar-refractivity contribution in [2.45, 2.75) is 25.1 Å². The van der Waals surface area contributed by atoms with Crippen LogP contribution in [0.1, 0.15) is 28.8 Å². The van der Waals surface area contributed by atoms with Crippen LogP contribution < -0.4 is 10.1 Å². The first-order valence-corrected chi connectivity index (χ1v) is 8.74. The molecule has 27 heavy (non-hydrogen) atoms. The molecule has 1 aliphatic rings. The number of hydrogen-bond donors (Lipinski definition) is 1. The molecule has 1 atom stereocenters. The molecule has 2 aromatic rings. The number of carbonyl (C=O) groups excluding carboxylic acids is 1. The van der Waals surface area contributed by atoms with Crippen LogP contribution in [0.25, 0.3) is 0 Å². The van der Waals surface area contributed by atoms with Crippen LogP contribution in [0.5, 0.6) is 5.75 Å². The third-order valence-electron chi connectivity index (χ3n) is 4.63. The Kier molecular flexibility index (Phi) is 5.58. The fourth-order valence-corrected chi connectivity index (χ4v) is 3.19. The normalized spacial score (nSPS) is 17.5. The van der Waals surface area contributed by atoms with E-state index in [1.807, 2.05) is 24.3 Å². The first-order valence-electron chi connectivity index (χ1n) is 8.74. The maximum atomic E-state index is 12.7. The number of rotatable bonds is 4. The molecule has 1 saturated heterocycles. The molecule has 1 fully saturated rings. The number of methoxy groups -OCH3 is 1. The Labute approximate surface area is 155 Å². The van der Waals surface area contributed by atoms with Gasteiger partial charge in [0.05, 0.1) is 12.7 Å². The number of halogens is 3. The fourth-order valence-electron chi connectivity index (χ4n) is 3.19. The highest BCUT2D eigenvalue weighted by Crippen LogP contribution is 2.29. The van der Waals surface area contributed by atoms with Crippen LogP contribution in [0.3, 0.4) is 0 Å². The van der Waals surface area contributed by atoms with E-state index in [0.717, 1.165) is 36.4 Å². The van der Waals surface area contributed by atoms with E-state index in [2.05, 4.69) is 5.32 Å². The van der Waals surface area contributed by atoms with Crippen molar-refractivity contribution in [2.24, 2.45) is 0 Å². The van der Waals surface area contributed by atoms with Gasteiger partial charge in [-0.15, -0.1) is 0 Å². The number of nitrogens with zero attached hydrogens (tertiary/aromatic N) is 1. The molecule has 1 aliphatic heterocycles. The molecular weight excluding hydrogens is 357 g/mol. The molecule has 0 radical (unpaired) electrons. The molecule has 1 amide bonds. The summed E-state index contributed by atoms with van der Waals surface area (Å²) in [4.78, 5) is 14.3. The third kappa shape index (κ3) is 4.72. The molecule has 1 unspecified atom stereocenters. The Hall–Kier alpha value is -2.70. The molecule has 7 heteroatoms. The fraction of sp³-hybridized carbons (Fsp3) is 0.350. The third-order valence-corrected chi connectivity index (χ3v) is 4.63. The minimum atomic E-state index is -4.40. The van der Waals surface area contributed by atoms with Gasteiger partial charge in [0.2, 0.25) is 0 Å². The lowest BCUT2D eigenvalue weighted by Gasteiger charge is -2.34. The lowest BCUT2D eigenvalue weighted by Crippen LogP contribution is -2.45. The molecule has 144 valence electrons. The van der Waals surface area contributed by atoms with Crippen molar-refractivity contribution < 1.29 is 22.7 Å². The lowest BCUT2D eigenvalue weighted by atomic mass is 10.0. The number of piperidine rings is 1. The van der Waals surface area contributed by atoms with Gasteiger partial charge in [0.25, 0.3) is 5.91 Å². The molecule has 3 rings (SSSR count). The van der Waals surface area contributed by atoms with Gasteiger partial charge in [-0.25, -0.2) is 0 Å². The highest BCUT2D eigenvalue weighted by molar-refractivity contribution is 5.94. The van der Waals surface area contributed by atoms with Gasteiger partial charge in [0.15, 0.2) is 0 Å². The summed E-state index contributed by atoms with van der Waals surface area (Å²) >= 11 is 0. The van der Waals surface area contributed by atoms with E-state index in [-0.39, 0.29) is 17.5 Å². The van der Waals surface area contributed by atoms with Gasteiger partial charge < -0.3 is 15.0 Å². The topological polar surface area (TPSA) is 41.6 Å². The van der Waals surface area contributed by atoms with Gasteiger partial charge in [-0.3, -0.25) is 4.79 Å². The van der Waals surface area contributed by atoms with Crippen molar-refractivity contribution in [3.63, 3.8) is 0 Å². The molecule has 2 aromatic carbocycles. The number of alkyl halides is 3. The molecule has 0 aliphatic carbocycles. The van der Waals surface area contributed by atoms with Crippen molar-refractivity contribution in [1.82, 2.24) is 4.90 Å². The number of anilines is 1. The van der Waals surface area contributed by atoms with Crippen LogP contribution in [0.2, 0.25) is 0 Å². The van der Waals surface area contributed by atoms with Crippen molar-refractivity contribution >= 4 is 11.6 Å². The summed E-state index contributed by atoms with van der Waals surface area (Å²) in [6.07, 6.45) is -2.65. The summed E-state index contributed by atoms with van der Waals surface area (Å²) in [7, 11) is 1.61. The summed E-state index contributed by atoms with van der Waals surface area (Å²) in [6, 6.07) is 12.0. The van der Waals surface area contributed by atoms with E-state index in [4.69, 9.17) is 4.74 Å². The van der Waals surface area contributed by atoms with Crippen LogP contribution in [-0.4, -0.2) is 37.0 Å². The van der Waals surface area contributed by atoms with Gasteiger partial charge in [-0.2, -0.15) is 13.2 Å². The van der Waals surface area contributed by atoms with Gasteiger partial charge in [-0.05, 0) is 61.4 Å². The maximum Gasteiger partial charge on any atom is 0.416 e. The summed E-state index contributed by atoms with van der Waals surface area (Å²) < 4.78 is 43.1. The lowest BCUT2D eigenvalue weighted by molar-refractivity contribution is -0.137. The predicted molar refractivity (Wildman–Crippen MR) is 97.0 cm³/mol. The highest BCUT2D eigenvalue weighted by atomic mass is 19.4. The van der Waals surface area contributed by atoms with Crippen LogP contribution in [0.4, 0.5) is 18.9 Å². The zero-order chi connectivity index (χ0) is 19.4. The van der Waals surface area contributed by atoms with Crippen LogP contribution >= 0.6 is 0 Å². The number of hydrogen-bond acceptors (Lipinski definition) is 3. The smallest absolute Gasteiger partial charge is 0.416 e. The SMILES string of the molecule is COc1ccc(NC2CCCN(C(=O)c3ccc(C(F)(F)F)cc3)C2)cc1. The molecule has 0 spiro atoms. The first kappa shape index (κ1) is 19.1. The molecular formula is C20H21F3N2O2. The average molecular weight is 378 g/mol. The standard InChI is InChI=1S/C20H21F3N2O2/c1-27-18-10-8-16(9-11-18)24-17-3-2-12-25(13-17)19(26)14-4-6-15(7-5-14)20(21,22)23/h4-11,17,24H,2-3,12-13H2,1H3. The van der Waals surface area contributed by atoms with Crippen LogP contribution in [0, 0.1) is 0 Å². The van der Waals surface area contributed by atoms with E-state index < -0.39 is 11.7 Å². The van der Waals surface area contributed by atoms with Crippen LogP contribution in [0.15, 0.2) is 48.5 Å². The van der Waals surface area contributed by atoms with Crippen LogP contribution in [-0.2, 0) is 6.18 Å². The molecule has 0 saturated carbocycles. The zero-order valence-electron chi connectivity index (χ0n) is 14.9. The molecule has 1 N–H and O–H groups in total. The molecule has 1 heterocycles. The summed E-state index contributed by atoms with van der Waals surface area (Å²) in [5.74, 6) is 0.522. The Bertz CT molecular complexity index is 773. The quantitative estimate of drug-likeness (QED) is 0.856. The summed E-state index contributed by atoms with van der Waals surface area (Å²) in [6.45, 7) is 1.10. The minimum Gasteiger partial charge on any atom is -0.497 e. The molecule has 4 nitrogen and oxygen atoms in total. The van der Waals surface area contributed by atoms with Crippen molar-refractivity contribution in [1.29, 1.82) is 0 Å². The van der Waals surface area contributed by atoms with E-state index >= 15 is 0 Å². The maximum absolute atomic E-state index is 12.7.